The summed E-state index contributed by atoms with van der Waals surface area (Å²) in [6.45, 7) is 9.03. The molecule has 0 spiro atoms. The van der Waals surface area contributed by atoms with Gasteiger partial charge >= 0.3 is 0 Å². The normalized spacial score (nSPS) is 11.6. The van der Waals surface area contributed by atoms with Gasteiger partial charge in [-0.2, -0.15) is 0 Å². The first-order valence-corrected chi connectivity index (χ1v) is 18.3. The standard InChI is InChI=1S/C50H44O2/c1-31(2)33-15-19-35(20-16-33)45-41-11-7-9-13-43(41)48(38-25-29-40(52-6)30-26-38)50-46(36-21-17-34(18-22-36)32(3)4)42-12-8-10-14-44(42)47(49(45)50)37-23-27-39(51-5)28-24-37/h7-32H,1-6H3. The SMILES string of the molecule is COc1ccc(-c2c3ccccc3c(-c3ccc(C(C)C)cc3)c3c(-c4ccc(OC)cc4)c4ccccc4c(-c4ccc(C(C)C)cc4)c23)cc1. The maximum absolute atomic E-state index is 5.65. The maximum Gasteiger partial charge on any atom is 0.118 e. The van der Waals surface area contributed by atoms with E-state index in [4.69, 9.17) is 9.47 Å². The minimum absolute atomic E-state index is 0.444. The van der Waals surface area contributed by atoms with E-state index in [0.717, 1.165) is 22.6 Å². The molecule has 8 rings (SSSR count). The number of methoxy groups -OCH3 is 2. The number of hydrogen-bond donors (Lipinski definition) is 0. The summed E-state index contributed by atoms with van der Waals surface area (Å²) < 4.78 is 11.3. The van der Waals surface area contributed by atoms with E-state index in [0.29, 0.717) is 11.8 Å². The predicted octanol–water partition coefficient (Wildman–Crippen LogP) is 14.1. The van der Waals surface area contributed by atoms with Crippen molar-refractivity contribution in [2.45, 2.75) is 39.5 Å². The van der Waals surface area contributed by atoms with Crippen LogP contribution in [0.2, 0.25) is 0 Å². The molecule has 0 amide bonds. The fourth-order valence-electron chi connectivity index (χ4n) is 7.91. The van der Waals surface area contributed by atoms with Crippen LogP contribution in [-0.2, 0) is 0 Å². The second-order valence-corrected chi connectivity index (χ2v) is 14.4. The summed E-state index contributed by atoms with van der Waals surface area (Å²) in [7, 11) is 3.46. The molecule has 52 heavy (non-hydrogen) atoms. The zero-order valence-corrected chi connectivity index (χ0v) is 30.8. The molecule has 0 saturated carbocycles. The summed E-state index contributed by atoms with van der Waals surface area (Å²) >= 11 is 0. The van der Waals surface area contributed by atoms with Crippen LogP contribution in [0.4, 0.5) is 0 Å². The number of fused-ring (bicyclic) bond motifs is 3. The Labute approximate surface area is 307 Å². The third-order valence-corrected chi connectivity index (χ3v) is 10.7. The molecule has 0 saturated heterocycles. The zero-order chi connectivity index (χ0) is 35.9. The lowest BCUT2D eigenvalue weighted by Crippen LogP contribution is -1.98. The lowest BCUT2D eigenvalue weighted by molar-refractivity contribution is 0.415. The van der Waals surface area contributed by atoms with Crippen molar-refractivity contribution in [2.75, 3.05) is 14.2 Å². The highest BCUT2D eigenvalue weighted by atomic mass is 16.5. The monoisotopic (exact) mass is 676 g/mol. The van der Waals surface area contributed by atoms with E-state index < -0.39 is 0 Å². The first kappa shape index (κ1) is 33.3. The van der Waals surface area contributed by atoms with Gasteiger partial charge in [0.2, 0.25) is 0 Å². The maximum atomic E-state index is 5.65. The Balaban J connectivity index is 1.67. The van der Waals surface area contributed by atoms with Gasteiger partial charge < -0.3 is 9.47 Å². The van der Waals surface area contributed by atoms with Gasteiger partial charge in [0.15, 0.2) is 0 Å². The average molecular weight is 677 g/mol. The Morgan fingerprint density at radius 1 is 0.327 bits per heavy atom. The van der Waals surface area contributed by atoms with Crippen molar-refractivity contribution in [3.05, 3.63) is 157 Å². The lowest BCUT2D eigenvalue weighted by Gasteiger charge is -2.25. The van der Waals surface area contributed by atoms with Crippen molar-refractivity contribution < 1.29 is 9.47 Å². The summed E-state index contributed by atoms with van der Waals surface area (Å²) in [6, 6.07) is 53.6. The zero-order valence-electron chi connectivity index (χ0n) is 30.8. The van der Waals surface area contributed by atoms with Crippen molar-refractivity contribution in [1.82, 2.24) is 0 Å². The first-order chi connectivity index (χ1) is 25.4. The van der Waals surface area contributed by atoms with Crippen LogP contribution in [0.1, 0.15) is 50.7 Å². The van der Waals surface area contributed by atoms with Crippen molar-refractivity contribution in [2.24, 2.45) is 0 Å². The van der Waals surface area contributed by atoms with Gasteiger partial charge in [0.25, 0.3) is 0 Å². The molecule has 0 aliphatic heterocycles. The highest BCUT2D eigenvalue weighted by Crippen LogP contribution is 2.53. The van der Waals surface area contributed by atoms with Gasteiger partial charge in [-0.3, -0.25) is 0 Å². The Kier molecular flexibility index (Phi) is 8.77. The lowest BCUT2D eigenvalue weighted by atomic mass is 9.77. The smallest absolute Gasteiger partial charge is 0.118 e. The van der Waals surface area contributed by atoms with Gasteiger partial charge in [-0.25, -0.2) is 0 Å². The molecule has 256 valence electrons. The molecule has 0 aliphatic rings. The molecule has 0 heterocycles. The molecule has 2 heteroatoms. The molecule has 0 unspecified atom stereocenters. The molecular formula is C50H44O2. The van der Waals surface area contributed by atoms with Crippen LogP contribution in [0.25, 0.3) is 76.8 Å². The minimum atomic E-state index is 0.444. The predicted molar refractivity (Wildman–Crippen MR) is 222 cm³/mol. The molecule has 0 atom stereocenters. The minimum Gasteiger partial charge on any atom is -0.497 e. The van der Waals surface area contributed by atoms with Crippen LogP contribution in [-0.4, -0.2) is 14.2 Å². The number of hydrogen-bond acceptors (Lipinski definition) is 2. The molecule has 0 fully saturated rings. The van der Waals surface area contributed by atoms with E-state index in [9.17, 15) is 0 Å². The second kappa shape index (κ2) is 13.7. The number of benzene rings is 8. The Hall–Kier alpha value is -5.86. The Bertz CT molecular complexity index is 2360. The van der Waals surface area contributed by atoms with E-state index in [1.165, 1.54) is 76.8 Å². The van der Waals surface area contributed by atoms with Crippen molar-refractivity contribution in [1.29, 1.82) is 0 Å². The van der Waals surface area contributed by atoms with Gasteiger partial charge in [-0.05, 0) is 124 Å². The second-order valence-electron chi connectivity index (χ2n) is 14.4. The molecule has 0 aromatic heterocycles. The van der Waals surface area contributed by atoms with Crippen molar-refractivity contribution in [3.8, 4) is 56.0 Å². The summed E-state index contributed by atoms with van der Waals surface area (Å²) in [5.74, 6) is 2.57. The summed E-state index contributed by atoms with van der Waals surface area (Å²) in [5, 5.41) is 7.38. The molecule has 8 aromatic carbocycles. The van der Waals surface area contributed by atoms with E-state index in [-0.39, 0.29) is 0 Å². The van der Waals surface area contributed by atoms with Gasteiger partial charge in [0.05, 0.1) is 14.2 Å². The number of ether oxygens (including phenoxy) is 2. The van der Waals surface area contributed by atoms with E-state index in [2.05, 4.69) is 173 Å². The third kappa shape index (κ3) is 5.69. The van der Waals surface area contributed by atoms with E-state index in [1.54, 1.807) is 14.2 Å². The molecule has 8 aromatic rings. The summed E-state index contributed by atoms with van der Waals surface area (Å²) in [4.78, 5) is 0. The third-order valence-electron chi connectivity index (χ3n) is 10.7. The van der Waals surface area contributed by atoms with Gasteiger partial charge in [-0.15, -0.1) is 0 Å². The first-order valence-electron chi connectivity index (χ1n) is 18.3. The highest BCUT2D eigenvalue weighted by molar-refractivity contribution is 6.33. The Morgan fingerprint density at radius 3 is 0.808 bits per heavy atom. The Morgan fingerprint density at radius 2 is 0.577 bits per heavy atom. The summed E-state index contributed by atoms with van der Waals surface area (Å²) in [5.41, 5.74) is 12.3. The molecular weight excluding hydrogens is 633 g/mol. The van der Waals surface area contributed by atoms with Crippen LogP contribution >= 0.6 is 0 Å². The van der Waals surface area contributed by atoms with Crippen LogP contribution < -0.4 is 9.47 Å². The largest absolute Gasteiger partial charge is 0.497 e. The van der Waals surface area contributed by atoms with Crippen LogP contribution in [0, 0.1) is 0 Å². The average Bonchev–Trinajstić information content (AvgIpc) is 3.19. The summed E-state index contributed by atoms with van der Waals surface area (Å²) in [6.07, 6.45) is 0. The molecule has 0 N–H and O–H groups in total. The van der Waals surface area contributed by atoms with E-state index >= 15 is 0 Å². The molecule has 0 bridgehead atoms. The van der Waals surface area contributed by atoms with Crippen molar-refractivity contribution in [3.63, 3.8) is 0 Å². The van der Waals surface area contributed by atoms with Crippen LogP contribution in [0.5, 0.6) is 11.5 Å². The van der Waals surface area contributed by atoms with Gasteiger partial charge in [-0.1, -0.05) is 149 Å². The highest BCUT2D eigenvalue weighted by Gasteiger charge is 2.26. The van der Waals surface area contributed by atoms with Crippen LogP contribution in [0.3, 0.4) is 0 Å². The fraction of sp³-hybridized carbons (Fsp3) is 0.160. The topological polar surface area (TPSA) is 18.5 Å². The number of rotatable bonds is 8. The fourth-order valence-corrected chi connectivity index (χ4v) is 7.91. The quantitative estimate of drug-likeness (QED) is 0.149. The molecule has 0 aliphatic carbocycles. The van der Waals surface area contributed by atoms with E-state index in [1.807, 2.05) is 0 Å². The van der Waals surface area contributed by atoms with Crippen LogP contribution in [0.15, 0.2) is 146 Å². The van der Waals surface area contributed by atoms with Crippen molar-refractivity contribution >= 4 is 32.3 Å². The molecule has 2 nitrogen and oxygen atoms in total. The molecule has 0 radical (unpaired) electrons. The van der Waals surface area contributed by atoms with Gasteiger partial charge in [0, 0.05) is 0 Å². The van der Waals surface area contributed by atoms with Gasteiger partial charge in [0.1, 0.15) is 11.5 Å².